The zero-order chi connectivity index (χ0) is 15.1. The van der Waals surface area contributed by atoms with Crippen molar-refractivity contribution in [3.63, 3.8) is 0 Å². The van der Waals surface area contributed by atoms with Crippen LogP contribution in [0.2, 0.25) is 0 Å². The molecule has 1 aromatic carbocycles. The lowest BCUT2D eigenvalue weighted by Crippen LogP contribution is -1.86. The molecule has 0 spiro atoms. The first-order valence-electron chi connectivity index (χ1n) is 6.52. The van der Waals surface area contributed by atoms with Crippen LogP contribution < -0.4 is 0 Å². The van der Waals surface area contributed by atoms with Gasteiger partial charge >= 0.3 is 0 Å². The van der Waals surface area contributed by atoms with Crippen molar-refractivity contribution in [1.82, 2.24) is 9.55 Å². The number of fused-ring (bicyclic) bond motifs is 1. The highest BCUT2D eigenvalue weighted by atomic mass is 79.9. The lowest BCUT2D eigenvalue weighted by Gasteiger charge is -2.05. The molecule has 2 aromatic heterocycles. The molecule has 21 heavy (non-hydrogen) atoms. The number of hydrogen-bond acceptors (Lipinski definition) is 2. The first kappa shape index (κ1) is 14.6. The molecule has 0 saturated carbocycles. The number of rotatable bonds is 2. The minimum atomic E-state index is -0.195. The van der Waals surface area contributed by atoms with Crippen molar-refractivity contribution in [3.05, 3.63) is 52.1 Å². The first-order chi connectivity index (χ1) is 9.95. The van der Waals surface area contributed by atoms with Crippen molar-refractivity contribution >= 4 is 38.6 Å². The second-order valence-corrected chi connectivity index (χ2v) is 6.94. The molecule has 0 aliphatic carbocycles. The Kier molecular flexibility index (Phi) is 3.80. The van der Waals surface area contributed by atoms with Crippen LogP contribution in [0.4, 0.5) is 4.39 Å². The summed E-state index contributed by atoms with van der Waals surface area (Å²) in [4.78, 5) is 6.65. The Labute approximate surface area is 135 Å². The third kappa shape index (κ3) is 2.72. The van der Waals surface area contributed by atoms with Gasteiger partial charge in [0.1, 0.15) is 10.4 Å². The molecule has 2 heterocycles. The van der Waals surface area contributed by atoms with Gasteiger partial charge in [-0.25, -0.2) is 9.37 Å². The molecule has 3 aromatic rings. The van der Waals surface area contributed by atoms with Gasteiger partial charge in [0.15, 0.2) is 0 Å². The SMILES string of the molecule is Cc1nc(Br)ccc1Sc1cn(C)c2cc(F)cc(C)c12. The molecule has 0 saturated heterocycles. The van der Waals surface area contributed by atoms with Gasteiger partial charge in [-0.2, -0.15) is 0 Å². The average Bonchev–Trinajstić information content (AvgIpc) is 2.70. The molecule has 0 fully saturated rings. The molecule has 0 atom stereocenters. The van der Waals surface area contributed by atoms with E-state index in [1.807, 2.05) is 37.7 Å². The molecule has 0 unspecified atom stereocenters. The van der Waals surface area contributed by atoms with Gasteiger partial charge in [0.25, 0.3) is 0 Å². The molecule has 108 valence electrons. The summed E-state index contributed by atoms with van der Waals surface area (Å²) in [7, 11) is 1.94. The maximum atomic E-state index is 13.6. The van der Waals surface area contributed by atoms with E-state index in [0.717, 1.165) is 36.6 Å². The molecule has 0 bridgehead atoms. The smallest absolute Gasteiger partial charge is 0.125 e. The Morgan fingerprint density at radius 3 is 2.67 bits per heavy atom. The molecule has 0 radical (unpaired) electrons. The van der Waals surface area contributed by atoms with E-state index in [9.17, 15) is 4.39 Å². The molecular weight excluding hydrogens is 351 g/mol. The lowest BCUT2D eigenvalue weighted by molar-refractivity contribution is 0.628. The molecule has 3 rings (SSSR count). The number of nitrogens with zero attached hydrogens (tertiary/aromatic N) is 2. The van der Waals surface area contributed by atoms with Crippen molar-refractivity contribution in [2.45, 2.75) is 23.6 Å². The lowest BCUT2D eigenvalue weighted by atomic mass is 10.1. The summed E-state index contributed by atoms with van der Waals surface area (Å²) in [6, 6.07) is 7.15. The minimum Gasteiger partial charge on any atom is -0.349 e. The first-order valence-corrected chi connectivity index (χ1v) is 8.13. The van der Waals surface area contributed by atoms with E-state index in [0.29, 0.717) is 0 Å². The predicted octanol–water partition coefficient (Wildman–Crippen LogP) is 5.24. The van der Waals surface area contributed by atoms with Gasteiger partial charge in [-0.3, -0.25) is 0 Å². The van der Waals surface area contributed by atoms with Crippen molar-refractivity contribution < 1.29 is 4.39 Å². The van der Waals surface area contributed by atoms with Gasteiger partial charge < -0.3 is 4.57 Å². The van der Waals surface area contributed by atoms with Gasteiger partial charge in [0.2, 0.25) is 0 Å². The third-order valence-corrected chi connectivity index (χ3v) is 5.06. The van der Waals surface area contributed by atoms with E-state index < -0.39 is 0 Å². The van der Waals surface area contributed by atoms with E-state index in [2.05, 4.69) is 27.0 Å². The summed E-state index contributed by atoms with van der Waals surface area (Å²) < 4.78 is 16.4. The summed E-state index contributed by atoms with van der Waals surface area (Å²) in [5.74, 6) is -0.195. The molecular formula is C16H14BrFN2S. The van der Waals surface area contributed by atoms with Crippen LogP contribution in [0.25, 0.3) is 10.9 Å². The van der Waals surface area contributed by atoms with E-state index >= 15 is 0 Å². The van der Waals surface area contributed by atoms with Crippen LogP contribution in [0.1, 0.15) is 11.3 Å². The topological polar surface area (TPSA) is 17.8 Å². The zero-order valence-electron chi connectivity index (χ0n) is 11.9. The highest BCUT2D eigenvalue weighted by molar-refractivity contribution is 9.10. The van der Waals surface area contributed by atoms with E-state index in [1.165, 1.54) is 0 Å². The van der Waals surface area contributed by atoms with Gasteiger partial charge in [0, 0.05) is 28.4 Å². The van der Waals surface area contributed by atoms with Crippen LogP contribution >= 0.6 is 27.7 Å². The van der Waals surface area contributed by atoms with Crippen molar-refractivity contribution in [3.8, 4) is 0 Å². The Hall–Kier alpha value is -1.33. The van der Waals surface area contributed by atoms with Crippen molar-refractivity contribution in [2.24, 2.45) is 7.05 Å². The minimum absolute atomic E-state index is 0.195. The Morgan fingerprint density at radius 1 is 1.19 bits per heavy atom. The Bertz CT molecular complexity index is 842. The highest BCUT2D eigenvalue weighted by Gasteiger charge is 2.13. The molecule has 5 heteroatoms. The number of aromatic nitrogens is 2. The van der Waals surface area contributed by atoms with Crippen LogP contribution in [-0.4, -0.2) is 9.55 Å². The third-order valence-electron chi connectivity index (χ3n) is 3.44. The second kappa shape index (κ2) is 5.46. The van der Waals surface area contributed by atoms with Gasteiger partial charge in [0.05, 0.1) is 11.2 Å². The van der Waals surface area contributed by atoms with Crippen LogP contribution in [0.15, 0.2) is 44.9 Å². The number of halogens is 2. The van der Waals surface area contributed by atoms with Gasteiger partial charge in [-0.1, -0.05) is 11.8 Å². The number of benzene rings is 1. The predicted molar refractivity (Wildman–Crippen MR) is 88.4 cm³/mol. The Morgan fingerprint density at radius 2 is 1.95 bits per heavy atom. The van der Waals surface area contributed by atoms with E-state index in [1.54, 1.807) is 23.9 Å². The summed E-state index contributed by atoms with van der Waals surface area (Å²) in [6.07, 6.45) is 2.04. The normalized spacial score (nSPS) is 11.3. The van der Waals surface area contributed by atoms with E-state index in [4.69, 9.17) is 0 Å². The van der Waals surface area contributed by atoms with Crippen molar-refractivity contribution in [2.75, 3.05) is 0 Å². The largest absolute Gasteiger partial charge is 0.349 e. The molecule has 2 nitrogen and oxygen atoms in total. The summed E-state index contributed by atoms with van der Waals surface area (Å²) in [5.41, 5.74) is 2.85. The number of aryl methyl sites for hydroxylation is 3. The monoisotopic (exact) mass is 364 g/mol. The molecule has 0 aliphatic heterocycles. The maximum absolute atomic E-state index is 13.6. The van der Waals surface area contributed by atoms with Crippen molar-refractivity contribution in [1.29, 1.82) is 0 Å². The molecule has 0 N–H and O–H groups in total. The van der Waals surface area contributed by atoms with E-state index in [-0.39, 0.29) is 5.82 Å². The van der Waals surface area contributed by atoms with Crippen LogP contribution in [0.3, 0.4) is 0 Å². The fraction of sp³-hybridized carbons (Fsp3) is 0.188. The summed E-state index contributed by atoms with van der Waals surface area (Å²) in [5, 5.41) is 1.10. The standard InChI is InChI=1S/C16H14BrFN2S/c1-9-6-11(18)7-12-16(9)14(8-20(12)3)21-13-4-5-15(17)19-10(13)2/h4-8H,1-3H3. The average molecular weight is 365 g/mol. The molecule has 0 amide bonds. The number of hydrogen-bond donors (Lipinski definition) is 0. The fourth-order valence-corrected chi connectivity index (χ4v) is 4.00. The Balaban J connectivity index is 2.13. The summed E-state index contributed by atoms with van der Waals surface area (Å²) in [6.45, 7) is 3.94. The van der Waals surface area contributed by atoms with Gasteiger partial charge in [-0.05, 0) is 59.6 Å². The van der Waals surface area contributed by atoms with Crippen LogP contribution in [-0.2, 0) is 7.05 Å². The second-order valence-electron chi connectivity index (χ2n) is 5.04. The highest BCUT2D eigenvalue weighted by Crippen LogP contribution is 2.37. The zero-order valence-corrected chi connectivity index (χ0v) is 14.3. The van der Waals surface area contributed by atoms with Crippen LogP contribution in [0.5, 0.6) is 0 Å². The number of pyridine rings is 1. The summed E-state index contributed by atoms with van der Waals surface area (Å²) >= 11 is 5.05. The quantitative estimate of drug-likeness (QED) is 0.578. The molecule has 0 aliphatic rings. The van der Waals surface area contributed by atoms with Gasteiger partial charge in [-0.15, -0.1) is 0 Å². The van der Waals surface area contributed by atoms with Crippen LogP contribution in [0, 0.1) is 19.7 Å². The fourth-order valence-electron chi connectivity index (χ4n) is 2.46. The maximum Gasteiger partial charge on any atom is 0.125 e.